The molecule has 0 aliphatic heterocycles. The Morgan fingerprint density at radius 3 is 2.77 bits per heavy atom. The molecule has 1 heterocycles. The predicted octanol–water partition coefficient (Wildman–Crippen LogP) is 1.23. The number of ketones is 1. The smallest absolute Gasteiger partial charge is 0.277 e. The number of rotatable bonds is 7. The first-order chi connectivity index (χ1) is 10.3. The van der Waals surface area contributed by atoms with Crippen LogP contribution in [0.4, 0.5) is 4.39 Å². The number of nitrogens with one attached hydrogen (secondary N) is 1. The molecule has 0 amide bonds. The zero-order valence-electron chi connectivity index (χ0n) is 11.4. The first-order valence-electron chi connectivity index (χ1n) is 6.03. The third-order valence-electron chi connectivity index (χ3n) is 2.43. The fraction of sp³-hybridized carbons (Fsp3) is 0.250. The van der Waals surface area contributed by atoms with E-state index in [9.17, 15) is 17.6 Å². The maximum Gasteiger partial charge on any atom is 0.277 e. The van der Waals surface area contributed by atoms with Gasteiger partial charge >= 0.3 is 0 Å². The van der Waals surface area contributed by atoms with Crippen molar-refractivity contribution in [3.8, 4) is 0 Å². The van der Waals surface area contributed by atoms with E-state index in [2.05, 4.69) is 14.9 Å². The van der Waals surface area contributed by atoms with E-state index < -0.39 is 21.6 Å². The van der Waals surface area contributed by atoms with Crippen LogP contribution < -0.4 is 4.72 Å². The van der Waals surface area contributed by atoms with Gasteiger partial charge in [0.15, 0.2) is 5.78 Å². The van der Waals surface area contributed by atoms with Gasteiger partial charge in [-0.2, -0.15) is 0 Å². The van der Waals surface area contributed by atoms with Crippen LogP contribution in [0.15, 0.2) is 33.9 Å². The molecule has 0 radical (unpaired) electrons. The third kappa shape index (κ3) is 4.90. The first-order valence-corrected chi connectivity index (χ1v) is 8.90. The maximum absolute atomic E-state index is 13.4. The summed E-state index contributed by atoms with van der Waals surface area (Å²) in [6.45, 7) is -0.131. The molecule has 0 spiro atoms. The minimum atomic E-state index is -3.36. The summed E-state index contributed by atoms with van der Waals surface area (Å²) in [7, 11) is -3.36. The number of sulfonamides is 1. The van der Waals surface area contributed by atoms with E-state index in [0.29, 0.717) is 0 Å². The highest BCUT2D eigenvalue weighted by Crippen LogP contribution is 2.18. The minimum Gasteiger partial charge on any atom is -0.414 e. The lowest BCUT2D eigenvalue weighted by Crippen LogP contribution is -2.21. The molecule has 0 unspecified atom stereocenters. The predicted molar refractivity (Wildman–Crippen MR) is 77.4 cm³/mol. The van der Waals surface area contributed by atoms with Gasteiger partial charge in [-0.1, -0.05) is 23.9 Å². The molecule has 22 heavy (non-hydrogen) atoms. The van der Waals surface area contributed by atoms with Crippen LogP contribution in [0.25, 0.3) is 0 Å². The Labute approximate surface area is 130 Å². The van der Waals surface area contributed by atoms with Crippen molar-refractivity contribution in [2.75, 3.05) is 12.0 Å². The van der Waals surface area contributed by atoms with Gasteiger partial charge in [-0.3, -0.25) is 4.79 Å². The average molecular weight is 345 g/mol. The summed E-state index contributed by atoms with van der Waals surface area (Å²) in [4.78, 5) is 11.9. The number of halogens is 1. The van der Waals surface area contributed by atoms with Gasteiger partial charge in [0.1, 0.15) is 5.82 Å². The number of aromatic nitrogens is 2. The molecule has 1 aromatic carbocycles. The van der Waals surface area contributed by atoms with Gasteiger partial charge in [0.25, 0.3) is 5.22 Å². The van der Waals surface area contributed by atoms with Crippen LogP contribution in [-0.2, 0) is 16.6 Å². The first kappa shape index (κ1) is 16.6. The Hall–Kier alpha value is -1.78. The van der Waals surface area contributed by atoms with Crippen molar-refractivity contribution in [3.05, 3.63) is 41.5 Å². The zero-order valence-corrected chi connectivity index (χ0v) is 13.1. The number of hydrogen-bond donors (Lipinski definition) is 1. The molecule has 7 nitrogen and oxygen atoms in total. The van der Waals surface area contributed by atoms with E-state index in [4.69, 9.17) is 4.42 Å². The van der Waals surface area contributed by atoms with Gasteiger partial charge in [0.05, 0.1) is 24.1 Å². The molecule has 1 N–H and O–H groups in total. The summed E-state index contributed by atoms with van der Waals surface area (Å²) in [5, 5.41) is 7.41. The highest BCUT2D eigenvalue weighted by atomic mass is 32.2. The largest absolute Gasteiger partial charge is 0.414 e. The van der Waals surface area contributed by atoms with Crippen LogP contribution in [-0.4, -0.2) is 36.4 Å². The summed E-state index contributed by atoms with van der Waals surface area (Å²) >= 11 is 0.953. The molecule has 0 aliphatic rings. The Morgan fingerprint density at radius 2 is 2.09 bits per heavy atom. The fourth-order valence-electron chi connectivity index (χ4n) is 1.45. The number of thioether (sulfide) groups is 1. The van der Waals surface area contributed by atoms with Crippen molar-refractivity contribution >= 4 is 27.6 Å². The molecule has 118 valence electrons. The Bertz CT molecular complexity index is 776. The molecular formula is C12H12FN3O4S2. The van der Waals surface area contributed by atoms with Crippen molar-refractivity contribution in [2.24, 2.45) is 0 Å². The zero-order chi connectivity index (χ0) is 16.2. The fourth-order valence-corrected chi connectivity index (χ4v) is 2.50. The summed E-state index contributed by atoms with van der Waals surface area (Å²) in [6.07, 6.45) is 1.01. The van der Waals surface area contributed by atoms with E-state index in [1.807, 2.05) is 0 Å². The van der Waals surface area contributed by atoms with Crippen LogP contribution in [0.2, 0.25) is 0 Å². The van der Waals surface area contributed by atoms with Crippen molar-refractivity contribution in [1.29, 1.82) is 0 Å². The van der Waals surface area contributed by atoms with Crippen molar-refractivity contribution < 1.29 is 22.0 Å². The maximum atomic E-state index is 13.4. The van der Waals surface area contributed by atoms with Gasteiger partial charge in [0.2, 0.25) is 15.9 Å². The number of carbonyl (C=O) groups excluding carboxylic acids is 1. The Morgan fingerprint density at radius 1 is 1.36 bits per heavy atom. The average Bonchev–Trinajstić information content (AvgIpc) is 2.90. The van der Waals surface area contributed by atoms with Gasteiger partial charge in [-0.15, -0.1) is 10.2 Å². The molecule has 1 aromatic heterocycles. The molecule has 2 aromatic rings. The molecule has 0 bridgehead atoms. The summed E-state index contributed by atoms with van der Waals surface area (Å²) in [5.41, 5.74) is -0.00604. The lowest BCUT2D eigenvalue weighted by molar-refractivity contribution is 0.101. The second-order valence-electron chi connectivity index (χ2n) is 4.25. The molecule has 0 aliphatic carbocycles. The Balaban J connectivity index is 1.91. The van der Waals surface area contributed by atoms with Crippen LogP contribution >= 0.6 is 11.8 Å². The van der Waals surface area contributed by atoms with E-state index >= 15 is 0 Å². The molecule has 0 fully saturated rings. The number of nitrogens with zero attached hydrogens (tertiary/aromatic N) is 2. The van der Waals surface area contributed by atoms with Crippen LogP contribution in [0.3, 0.4) is 0 Å². The number of Topliss-reactive ketones (excluding diaryl/α,β-unsaturated/α-hetero) is 1. The summed E-state index contributed by atoms with van der Waals surface area (Å²) in [6, 6.07) is 5.67. The topological polar surface area (TPSA) is 102 Å². The van der Waals surface area contributed by atoms with Crippen LogP contribution in [0, 0.1) is 5.82 Å². The number of carbonyl (C=O) groups is 1. The normalized spacial score (nSPS) is 11.5. The summed E-state index contributed by atoms with van der Waals surface area (Å²) < 4.78 is 42.7. The quantitative estimate of drug-likeness (QED) is 0.595. The van der Waals surface area contributed by atoms with E-state index in [1.165, 1.54) is 18.2 Å². The van der Waals surface area contributed by atoms with Gasteiger partial charge < -0.3 is 4.42 Å². The second-order valence-corrected chi connectivity index (χ2v) is 7.01. The van der Waals surface area contributed by atoms with Gasteiger partial charge in [-0.25, -0.2) is 17.5 Å². The van der Waals surface area contributed by atoms with Crippen LogP contribution in [0.5, 0.6) is 0 Å². The highest BCUT2D eigenvalue weighted by Gasteiger charge is 2.14. The third-order valence-corrected chi connectivity index (χ3v) is 3.92. The van der Waals surface area contributed by atoms with E-state index in [1.54, 1.807) is 6.07 Å². The molecule has 2 rings (SSSR count). The second kappa shape index (κ2) is 6.99. The molecule has 0 atom stereocenters. The molecule has 0 saturated heterocycles. The van der Waals surface area contributed by atoms with Crippen molar-refractivity contribution in [2.45, 2.75) is 11.8 Å². The van der Waals surface area contributed by atoms with Gasteiger partial charge in [-0.05, 0) is 12.1 Å². The van der Waals surface area contributed by atoms with Gasteiger partial charge in [0, 0.05) is 0 Å². The SMILES string of the molecule is CS(=O)(=O)NCc1nnc(SCC(=O)c2ccccc2F)o1. The minimum absolute atomic E-state index is 0.00604. The molecule has 0 saturated carbocycles. The van der Waals surface area contributed by atoms with E-state index in [0.717, 1.165) is 18.0 Å². The monoisotopic (exact) mass is 345 g/mol. The molecule has 10 heteroatoms. The van der Waals surface area contributed by atoms with E-state index in [-0.39, 0.29) is 29.0 Å². The molecular weight excluding hydrogens is 333 g/mol. The number of benzene rings is 1. The highest BCUT2D eigenvalue weighted by molar-refractivity contribution is 7.99. The standard InChI is InChI=1S/C12H12FN3O4S2/c1-22(18,19)14-6-11-15-16-12(20-11)21-7-10(17)8-4-2-3-5-9(8)13/h2-5,14H,6-7H2,1H3. The summed E-state index contributed by atoms with van der Waals surface area (Å²) in [5.74, 6) is -0.984. The number of hydrogen-bond acceptors (Lipinski definition) is 7. The Kier molecular flexibility index (Phi) is 5.27. The van der Waals surface area contributed by atoms with Crippen LogP contribution in [0.1, 0.15) is 16.2 Å². The lowest BCUT2D eigenvalue weighted by Gasteiger charge is -2.00. The van der Waals surface area contributed by atoms with Crippen molar-refractivity contribution in [1.82, 2.24) is 14.9 Å². The lowest BCUT2D eigenvalue weighted by atomic mass is 10.1. The van der Waals surface area contributed by atoms with Crippen molar-refractivity contribution in [3.63, 3.8) is 0 Å².